The maximum Gasteiger partial charge on any atom is 0.410 e. The number of carbonyl (C=O) groups excluding carboxylic acids is 3. The molecule has 5 aliphatic heterocycles. The Bertz CT molecular complexity index is 1870. The summed E-state index contributed by atoms with van der Waals surface area (Å²) in [5.41, 5.74) is -2.94. The molecule has 1 amide bonds. The number of piperidine rings is 1. The molecule has 5 saturated heterocycles. The van der Waals surface area contributed by atoms with Gasteiger partial charge in [-0.3, -0.25) is 19.4 Å². The minimum atomic E-state index is -1.45. The minimum absolute atomic E-state index is 0.126. The van der Waals surface area contributed by atoms with Gasteiger partial charge in [-0.05, 0) is 111 Å². The smallest absolute Gasteiger partial charge is 0.410 e. The maximum atomic E-state index is 15.1. The predicted octanol–water partition coefficient (Wildman–Crippen LogP) is 7.38. The zero-order valence-corrected chi connectivity index (χ0v) is 43.2. The number of aliphatic hydroxyl groups is 2. The van der Waals surface area contributed by atoms with Gasteiger partial charge in [-0.15, -0.1) is 0 Å². The molecule has 15 nitrogen and oxygen atoms in total. The first-order valence-corrected chi connectivity index (χ1v) is 25.3. The van der Waals surface area contributed by atoms with Crippen molar-refractivity contribution in [1.29, 1.82) is 0 Å². The van der Waals surface area contributed by atoms with Crippen LogP contribution in [0.15, 0.2) is 18.2 Å². The highest BCUT2D eigenvalue weighted by Gasteiger charge is 2.61. The van der Waals surface area contributed by atoms with Gasteiger partial charge >= 0.3 is 12.1 Å². The van der Waals surface area contributed by atoms with Gasteiger partial charge in [-0.2, -0.15) is 0 Å². The molecule has 380 valence electrons. The second-order valence-corrected chi connectivity index (χ2v) is 21.6. The number of cyclic esters (lactones) is 1. The number of methoxy groups -OCH3 is 2. The van der Waals surface area contributed by atoms with Crippen molar-refractivity contribution in [3.05, 3.63) is 33.8 Å². The lowest BCUT2D eigenvalue weighted by Crippen LogP contribution is -2.62. The first kappa shape index (κ1) is 54.2. The number of rotatable bonds is 11. The van der Waals surface area contributed by atoms with E-state index in [9.17, 15) is 19.8 Å². The van der Waals surface area contributed by atoms with E-state index in [1.54, 1.807) is 58.8 Å². The van der Waals surface area contributed by atoms with Crippen molar-refractivity contribution in [2.75, 3.05) is 33.9 Å². The minimum Gasteiger partial charge on any atom is -0.458 e. The number of amides is 1. The summed E-state index contributed by atoms with van der Waals surface area (Å²) in [6, 6.07) is 4.22. The highest BCUT2D eigenvalue weighted by Crippen LogP contribution is 2.45. The summed E-state index contributed by atoms with van der Waals surface area (Å²) in [5.74, 6) is -3.98. The highest BCUT2D eigenvalue weighted by atomic mass is 35.5. The van der Waals surface area contributed by atoms with Crippen LogP contribution in [0.25, 0.3) is 0 Å². The Hall–Kier alpha value is -2.15. The highest BCUT2D eigenvalue weighted by molar-refractivity contribution is 6.42. The third-order valence-electron chi connectivity index (χ3n) is 15.9. The molecule has 18 unspecified atom stereocenters. The lowest BCUT2D eigenvalue weighted by molar-refractivity contribution is -0.320. The number of ketones is 1. The number of ether oxygens (including phenoxy) is 8. The molecule has 1 aromatic carbocycles. The standard InChI is InChI=1S/C50H78Cl2N2O13/c1-13-37-50(10)42(54(47(59)67-50)22-19-33-17-18-34(51)35(52)24-33)29(4)39(55)27(2)25-49(9,61-12)44(66-46-40(56)36(23-28(3)62-46)53-20-15-14-16-21-53)30(5)41(31(6)45(58)64-37)65-38-26-48(8,60-11)43(57)32(7)63-38/h17-18,24,27-32,36-38,40-44,46,56-57H,13-16,19-23,25-26H2,1-12H3. The van der Waals surface area contributed by atoms with Crippen LogP contribution in [0.5, 0.6) is 0 Å². The number of benzene rings is 1. The Kier molecular flexibility index (Phi) is 17.9. The molecule has 1 aromatic rings. The van der Waals surface area contributed by atoms with E-state index >= 15 is 4.79 Å². The van der Waals surface area contributed by atoms with Crippen LogP contribution in [-0.4, -0.2) is 156 Å². The van der Waals surface area contributed by atoms with Crippen LogP contribution < -0.4 is 0 Å². The quantitative estimate of drug-likeness (QED) is 0.211. The zero-order valence-electron chi connectivity index (χ0n) is 41.7. The Morgan fingerprint density at radius 2 is 1.52 bits per heavy atom. The van der Waals surface area contributed by atoms with Crippen molar-refractivity contribution in [2.45, 2.75) is 205 Å². The van der Waals surface area contributed by atoms with E-state index < -0.39 is 108 Å². The molecule has 2 N–H and O–H groups in total. The summed E-state index contributed by atoms with van der Waals surface area (Å²) < 4.78 is 52.0. The lowest BCUT2D eigenvalue weighted by Gasteiger charge is -2.50. The number of esters is 1. The molecule has 0 aromatic heterocycles. The molecule has 18 atom stereocenters. The van der Waals surface area contributed by atoms with Crippen LogP contribution in [0.1, 0.15) is 120 Å². The number of hydrogen-bond acceptors (Lipinski definition) is 14. The van der Waals surface area contributed by atoms with Gasteiger partial charge in [0.1, 0.15) is 24.1 Å². The summed E-state index contributed by atoms with van der Waals surface area (Å²) in [5, 5.41) is 24.1. The molecule has 5 heterocycles. The normalized spacial score (nSPS) is 43.0. The van der Waals surface area contributed by atoms with Crippen LogP contribution in [0.3, 0.4) is 0 Å². The van der Waals surface area contributed by atoms with E-state index in [4.69, 9.17) is 61.1 Å². The van der Waals surface area contributed by atoms with Crippen LogP contribution in [-0.2, 0) is 53.9 Å². The Morgan fingerprint density at radius 3 is 2.15 bits per heavy atom. The molecule has 5 fully saturated rings. The monoisotopic (exact) mass is 984 g/mol. The Morgan fingerprint density at radius 1 is 0.851 bits per heavy atom. The van der Waals surface area contributed by atoms with Gasteiger partial charge < -0.3 is 48.1 Å². The first-order valence-electron chi connectivity index (χ1n) is 24.5. The van der Waals surface area contributed by atoms with Gasteiger partial charge in [0.25, 0.3) is 0 Å². The van der Waals surface area contributed by atoms with Gasteiger partial charge in [0.15, 0.2) is 18.2 Å². The fourth-order valence-corrected chi connectivity index (χ4v) is 12.2. The molecular formula is C50H78Cl2N2O13. The number of carbonyl (C=O) groups is 3. The number of likely N-dealkylation sites (tertiary alicyclic amines) is 1. The predicted molar refractivity (Wildman–Crippen MR) is 252 cm³/mol. The molecule has 5 aliphatic rings. The average molecular weight is 986 g/mol. The van der Waals surface area contributed by atoms with Gasteiger partial charge in [-0.25, -0.2) is 4.79 Å². The third kappa shape index (κ3) is 11.3. The van der Waals surface area contributed by atoms with E-state index in [0.29, 0.717) is 22.9 Å². The van der Waals surface area contributed by atoms with Crippen molar-refractivity contribution in [1.82, 2.24) is 9.80 Å². The number of hydrogen-bond donors (Lipinski definition) is 2. The molecule has 67 heavy (non-hydrogen) atoms. The average Bonchev–Trinajstić information content (AvgIpc) is 3.56. The molecule has 0 bridgehead atoms. The van der Waals surface area contributed by atoms with E-state index in [0.717, 1.165) is 37.9 Å². The van der Waals surface area contributed by atoms with Crippen molar-refractivity contribution in [2.24, 2.45) is 23.7 Å². The third-order valence-corrected chi connectivity index (χ3v) is 16.7. The van der Waals surface area contributed by atoms with E-state index in [1.165, 1.54) is 7.11 Å². The fourth-order valence-electron chi connectivity index (χ4n) is 11.9. The largest absolute Gasteiger partial charge is 0.458 e. The summed E-state index contributed by atoms with van der Waals surface area (Å²) in [6.07, 6.45) is -3.84. The summed E-state index contributed by atoms with van der Waals surface area (Å²) in [7, 11) is 3.09. The van der Waals surface area contributed by atoms with Crippen LogP contribution in [0, 0.1) is 23.7 Å². The van der Waals surface area contributed by atoms with Gasteiger partial charge in [0.05, 0.1) is 57.6 Å². The summed E-state index contributed by atoms with van der Waals surface area (Å²) >= 11 is 12.6. The van der Waals surface area contributed by atoms with E-state index in [1.807, 2.05) is 40.7 Å². The number of halogens is 2. The fraction of sp³-hybridized carbons (Fsp3) is 0.820. The second kappa shape index (κ2) is 22.1. The summed E-state index contributed by atoms with van der Waals surface area (Å²) in [4.78, 5) is 48.1. The van der Waals surface area contributed by atoms with Crippen molar-refractivity contribution < 1.29 is 62.5 Å². The van der Waals surface area contributed by atoms with Crippen molar-refractivity contribution in [3.8, 4) is 0 Å². The molecule has 17 heteroatoms. The molecule has 0 aliphatic carbocycles. The first-order chi connectivity index (χ1) is 31.5. The lowest BCUT2D eigenvalue weighted by atomic mass is 9.73. The molecule has 0 saturated carbocycles. The second-order valence-electron chi connectivity index (χ2n) is 20.8. The Balaban J connectivity index is 1.44. The molecular weight excluding hydrogens is 907 g/mol. The van der Waals surface area contributed by atoms with Gasteiger partial charge in [0.2, 0.25) is 0 Å². The van der Waals surface area contributed by atoms with Gasteiger partial charge in [-0.1, -0.05) is 63.4 Å². The van der Waals surface area contributed by atoms with Crippen molar-refractivity contribution >= 4 is 41.0 Å². The van der Waals surface area contributed by atoms with Crippen LogP contribution >= 0.6 is 23.2 Å². The number of fused-ring (bicyclic) bond motifs is 1. The van der Waals surface area contributed by atoms with E-state index in [-0.39, 0.29) is 43.7 Å². The summed E-state index contributed by atoms with van der Waals surface area (Å²) in [6.45, 7) is 20.1. The van der Waals surface area contributed by atoms with Crippen LogP contribution in [0.2, 0.25) is 10.0 Å². The zero-order chi connectivity index (χ0) is 49.3. The number of nitrogens with zero attached hydrogens (tertiary/aromatic N) is 2. The molecule has 0 spiro atoms. The Labute approximate surface area is 408 Å². The molecule has 6 rings (SSSR count). The molecule has 0 radical (unpaired) electrons. The van der Waals surface area contributed by atoms with E-state index in [2.05, 4.69) is 4.90 Å². The number of aliphatic hydroxyl groups excluding tert-OH is 2. The number of Topliss-reactive ketones (excluding diaryl/α,β-unsaturated/α-hetero) is 1. The van der Waals surface area contributed by atoms with Crippen LogP contribution in [0.4, 0.5) is 4.79 Å². The van der Waals surface area contributed by atoms with Crippen molar-refractivity contribution in [3.63, 3.8) is 0 Å². The SMILES string of the molecule is CCC1OC(=O)C(C)C(OC2CC(C)(OC)C(O)C(C)O2)C(C)C(OC2OC(C)CC(N3CCCCC3)C2O)C(C)(OC)CC(C)C(=O)C(C)C2N(CCc3ccc(Cl)c(Cl)c3)C(=O)OC12C. The maximum absolute atomic E-state index is 15.1. The van der Waals surface area contributed by atoms with Gasteiger partial charge in [0, 0.05) is 51.0 Å². The topological polar surface area (TPSA) is 172 Å².